The quantitative estimate of drug-likeness (QED) is 0.760. The van der Waals surface area contributed by atoms with E-state index in [4.69, 9.17) is 9.47 Å². The topological polar surface area (TPSA) is 64.9 Å². The van der Waals surface area contributed by atoms with E-state index in [1.165, 1.54) is 11.3 Å². The van der Waals surface area contributed by atoms with Crippen molar-refractivity contribution in [3.8, 4) is 11.5 Å². The number of anilines is 1. The Balaban J connectivity index is 1.61. The average Bonchev–Trinajstić information content (AvgIpc) is 3.18. The van der Waals surface area contributed by atoms with E-state index in [2.05, 4.69) is 17.2 Å². The molecule has 0 spiro atoms. The maximum absolute atomic E-state index is 12.1. The van der Waals surface area contributed by atoms with Crippen LogP contribution in [0.4, 0.5) is 5.69 Å². The zero-order valence-electron chi connectivity index (χ0n) is 14.1. The predicted molar refractivity (Wildman–Crippen MR) is 98.1 cm³/mol. The lowest BCUT2D eigenvalue weighted by Gasteiger charge is -2.14. The second-order valence-corrected chi connectivity index (χ2v) is 6.89. The summed E-state index contributed by atoms with van der Waals surface area (Å²) in [6.45, 7) is 5.05. The molecule has 7 heteroatoms. The number of fused-ring (bicyclic) bond motifs is 2. The standard InChI is InChI=1S/C18H19N3O3S/c1-3-23-16-7-12-6-11(2)24-15(12)9-14(16)19-10-13-8-17(22)21-4-5-25-18(21)20-13/h4-5,7-9,11,19H,3,6,10H2,1-2H3. The smallest absolute Gasteiger partial charge is 0.258 e. The van der Waals surface area contributed by atoms with Crippen LogP contribution in [-0.4, -0.2) is 22.1 Å². The zero-order valence-corrected chi connectivity index (χ0v) is 14.9. The van der Waals surface area contributed by atoms with Crippen molar-refractivity contribution in [2.75, 3.05) is 11.9 Å². The largest absolute Gasteiger partial charge is 0.492 e. The molecule has 0 saturated heterocycles. The van der Waals surface area contributed by atoms with E-state index >= 15 is 0 Å². The SMILES string of the molecule is CCOc1cc2c(cc1NCc1cc(=O)n3ccsc3n1)OC(C)C2. The Morgan fingerprint density at radius 3 is 3.16 bits per heavy atom. The van der Waals surface area contributed by atoms with Crippen LogP contribution < -0.4 is 20.3 Å². The Kier molecular flexibility index (Phi) is 4.09. The molecule has 6 nitrogen and oxygen atoms in total. The Morgan fingerprint density at radius 2 is 2.32 bits per heavy atom. The highest BCUT2D eigenvalue weighted by Crippen LogP contribution is 2.38. The van der Waals surface area contributed by atoms with Gasteiger partial charge in [-0.3, -0.25) is 9.20 Å². The summed E-state index contributed by atoms with van der Waals surface area (Å²) < 4.78 is 13.1. The molecule has 3 aromatic rings. The third kappa shape index (κ3) is 3.07. The molecule has 0 bridgehead atoms. The molecule has 1 aliphatic heterocycles. The van der Waals surface area contributed by atoms with Crippen LogP contribution in [0.2, 0.25) is 0 Å². The summed E-state index contributed by atoms with van der Waals surface area (Å²) in [6, 6.07) is 5.56. The van der Waals surface area contributed by atoms with Crippen molar-refractivity contribution in [1.29, 1.82) is 0 Å². The third-order valence-electron chi connectivity index (χ3n) is 4.11. The molecule has 0 radical (unpaired) electrons. The molecule has 4 rings (SSSR count). The Hall–Kier alpha value is -2.54. The van der Waals surface area contributed by atoms with Crippen LogP contribution in [0, 0.1) is 0 Å². The maximum atomic E-state index is 12.1. The van der Waals surface area contributed by atoms with E-state index in [1.807, 2.05) is 24.4 Å². The van der Waals surface area contributed by atoms with Gasteiger partial charge in [0.1, 0.15) is 17.6 Å². The minimum atomic E-state index is -0.0702. The lowest BCUT2D eigenvalue weighted by molar-refractivity contribution is 0.254. The fourth-order valence-electron chi connectivity index (χ4n) is 3.02. The lowest BCUT2D eigenvalue weighted by atomic mass is 10.1. The van der Waals surface area contributed by atoms with E-state index in [1.54, 1.807) is 16.7 Å². The van der Waals surface area contributed by atoms with Crippen molar-refractivity contribution in [3.05, 3.63) is 51.4 Å². The number of aromatic nitrogens is 2. The second kappa shape index (κ2) is 6.40. The van der Waals surface area contributed by atoms with Crippen LogP contribution >= 0.6 is 11.3 Å². The number of hydrogen-bond acceptors (Lipinski definition) is 6. The van der Waals surface area contributed by atoms with Gasteiger partial charge in [0.2, 0.25) is 0 Å². The number of nitrogens with zero attached hydrogens (tertiary/aromatic N) is 2. The number of nitrogens with one attached hydrogen (secondary N) is 1. The molecule has 0 aliphatic carbocycles. The minimum Gasteiger partial charge on any atom is -0.492 e. The lowest BCUT2D eigenvalue weighted by Crippen LogP contribution is -2.15. The van der Waals surface area contributed by atoms with Crippen molar-refractivity contribution < 1.29 is 9.47 Å². The van der Waals surface area contributed by atoms with Crippen molar-refractivity contribution in [2.45, 2.75) is 32.9 Å². The van der Waals surface area contributed by atoms with Gasteiger partial charge in [-0.05, 0) is 19.9 Å². The van der Waals surface area contributed by atoms with Crippen LogP contribution in [0.25, 0.3) is 4.96 Å². The fourth-order valence-corrected chi connectivity index (χ4v) is 3.76. The fraction of sp³-hybridized carbons (Fsp3) is 0.333. The van der Waals surface area contributed by atoms with Crippen LogP contribution in [0.15, 0.2) is 34.6 Å². The molecule has 1 atom stereocenters. The summed E-state index contributed by atoms with van der Waals surface area (Å²) >= 11 is 1.44. The minimum absolute atomic E-state index is 0.0702. The Morgan fingerprint density at radius 1 is 1.44 bits per heavy atom. The Labute approximate surface area is 149 Å². The van der Waals surface area contributed by atoms with Crippen LogP contribution in [0.3, 0.4) is 0 Å². The molecule has 0 amide bonds. The summed E-state index contributed by atoms with van der Waals surface area (Å²) in [4.78, 5) is 17.3. The maximum Gasteiger partial charge on any atom is 0.258 e. The molecule has 1 unspecified atom stereocenters. The summed E-state index contributed by atoms with van der Waals surface area (Å²) in [7, 11) is 0. The van der Waals surface area contributed by atoms with Gasteiger partial charge >= 0.3 is 0 Å². The van der Waals surface area contributed by atoms with E-state index in [0.717, 1.165) is 29.2 Å². The van der Waals surface area contributed by atoms with Gasteiger partial charge < -0.3 is 14.8 Å². The normalized spacial score (nSPS) is 15.8. The van der Waals surface area contributed by atoms with Gasteiger partial charge in [0.25, 0.3) is 5.56 Å². The molecule has 1 aromatic carbocycles. The van der Waals surface area contributed by atoms with Crippen LogP contribution in [0.1, 0.15) is 25.1 Å². The molecule has 0 saturated carbocycles. The molecule has 1 N–H and O–H groups in total. The Bertz CT molecular complexity index is 979. The first kappa shape index (κ1) is 16.0. The van der Waals surface area contributed by atoms with Crippen molar-refractivity contribution in [2.24, 2.45) is 0 Å². The van der Waals surface area contributed by atoms with Gasteiger partial charge in [-0.2, -0.15) is 0 Å². The van der Waals surface area contributed by atoms with E-state index in [0.29, 0.717) is 23.8 Å². The predicted octanol–water partition coefficient (Wildman–Crippen LogP) is 3.09. The highest BCUT2D eigenvalue weighted by atomic mass is 32.1. The average molecular weight is 357 g/mol. The number of benzene rings is 1. The van der Waals surface area contributed by atoms with Crippen LogP contribution in [-0.2, 0) is 13.0 Å². The molecule has 3 heterocycles. The highest BCUT2D eigenvalue weighted by molar-refractivity contribution is 7.15. The number of thiazole rings is 1. The number of hydrogen-bond donors (Lipinski definition) is 1. The first-order chi connectivity index (χ1) is 12.1. The molecular weight excluding hydrogens is 338 g/mol. The van der Waals surface area contributed by atoms with Gasteiger partial charge in [0, 0.05) is 35.7 Å². The zero-order chi connectivity index (χ0) is 17.4. The molecular formula is C18H19N3O3S. The van der Waals surface area contributed by atoms with Gasteiger partial charge in [0.05, 0.1) is 24.5 Å². The summed E-state index contributed by atoms with van der Waals surface area (Å²) in [6.07, 6.45) is 2.81. The number of ether oxygens (including phenoxy) is 2. The van der Waals surface area contributed by atoms with Gasteiger partial charge in [-0.1, -0.05) is 0 Å². The van der Waals surface area contributed by atoms with E-state index in [9.17, 15) is 4.79 Å². The third-order valence-corrected chi connectivity index (χ3v) is 4.87. The monoisotopic (exact) mass is 357 g/mol. The molecule has 0 fully saturated rings. The molecule has 25 heavy (non-hydrogen) atoms. The second-order valence-electron chi connectivity index (χ2n) is 6.02. The molecule has 130 valence electrons. The van der Waals surface area contributed by atoms with Crippen molar-refractivity contribution >= 4 is 22.0 Å². The first-order valence-electron chi connectivity index (χ1n) is 8.30. The van der Waals surface area contributed by atoms with E-state index in [-0.39, 0.29) is 11.7 Å². The van der Waals surface area contributed by atoms with Crippen LogP contribution in [0.5, 0.6) is 11.5 Å². The highest BCUT2D eigenvalue weighted by Gasteiger charge is 2.22. The van der Waals surface area contributed by atoms with Gasteiger partial charge in [-0.15, -0.1) is 11.3 Å². The molecule has 2 aromatic heterocycles. The van der Waals surface area contributed by atoms with Crippen molar-refractivity contribution in [1.82, 2.24) is 9.38 Å². The first-order valence-corrected chi connectivity index (χ1v) is 9.18. The van der Waals surface area contributed by atoms with Gasteiger partial charge in [0.15, 0.2) is 4.96 Å². The number of rotatable bonds is 5. The summed E-state index contributed by atoms with van der Waals surface area (Å²) in [5.41, 5.74) is 2.64. The van der Waals surface area contributed by atoms with Gasteiger partial charge in [-0.25, -0.2) is 4.98 Å². The van der Waals surface area contributed by atoms with Crippen molar-refractivity contribution in [3.63, 3.8) is 0 Å². The summed E-state index contributed by atoms with van der Waals surface area (Å²) in [5.74, 6) is 1.69. The molecule has 1 aliphatic rings. The van der Waals surface area contributed by atoms with E-state index < -0.39 is 0 Å². The summed E-state index contributed by atoms with van der Waals surface area (Å²) in [5, 5.41) is 5.19.